The number of carbonyl (C=O) groups is 2. The van der Waals surface area contributed by atoms with E-state index in [9.17, 15) is 13.8 Å². The molecule has 1 aliphatic rings. The van der Waals surface area contributed by atoms with E-state index in [1.54, 1.807) is 48.8 Å². The van der Waals surface area contributed by atoms with Crippen LogP contribution in [-0.4, -0.2) is 26.0 Å². The van der Waals surface area contributed by atoms with Crippen LogP contribution in [-0.2, 0) is 17.3 Å². The van der Waals surface area contributed by atoms with E-state index in [1.807, 2.05) is 36.4 Å². The minimum Gasteiger partial charge on any atom is -0.348 e. The molecule has 3 N–H and O–H groups in total. The molecule has 0 radical (unpaired) electrons. The zero-order valence-corrected chi connectivity index (χ0v) is 19.8. The summed E-state index contributed by atoms with van der Waals surface area (Å²) in [6.07, 6.45) is 1.68. The summed E-state index contributed by atoms with van der Waals surface area (Å²) in [5.41, 5.74) is 6.12. The van der Waals surface area contributed by atoms with Gasteiger partial charge in [-0.2, -0.15) is 0 Å². The number of aromatic amines is 1. The lowest BCUT2D eigenvalue weighted by molar-refractivity contribution is 0.0949. The molecule has 0 spiro atoms. The molecule has 0 saturated heterocycles. The molecular formula is C28H20N4O3S. The minimum atomic E-state index is -1.53. The summed E-state index contributed by atoms with van der Waals surface area (Å²) in [5.74, 6) is -0.629. The Balaban J connectivity index is 1.16. The Morgan fingerprint density at radius 3 is 2.56 bits per heavy atom. The smallest absolute Gasteiger partial charge is 0.256 e. The lowest BCUT2D eigenvalue weighted by Gasteiger charge is -2.10. The van der Waals surface area contributed by atoms with Gasteiger partial charge in [0.1, 0.15) is 0 Å². The lowest BCUT2D eigenvalue weighted by Crippen LogP contribution is -2.23. The first kappa shape index (κ1) is 21.9. The molecule has 176 valence electrons. The zero-order chi connectivity index (χ0) is 24.6. The van der Waals surface area contributed by atoms with Crippen molar-refractivity contribution >= 4 is 39.3 Å². The van der Waals surface area contributed by atoms with Gasteiger partial charge in [0.2, 0.25) is 0 Å². The highest BCUT2D eigenvalue weighted by atomic mass is 32.2. The van der Waals surface area contributed by atoms with Gasteiger partial charge in [0.05, 0.1) is 49.2 Å². The first-order valence-electron chi connectivity index (χ1n) is 11.3. The number of aromatic nitrogens is 2. The van der Waals surface area contributed by atoms with Crippen LogP contribution >= 0.6 is 0 Å². The quantitative estimate of drug-likeness (QED) is 0.332. The number of fused-ring (bicyclic) bond motifs is 3. The number of nitrogens with zero attached hydrogens (tertiary/aromatic N) is 1. The van der Waals surface area contributed by atoms with Gasteiger partial charge in [-0.15, -0.1) is 0 Å². The van der Waals surface area contributed by atoms with Crippen LogP contribution in [0.2, 0.25) is 0 Å². The van der Waals surface area contributed by atoms with E-state index in [0.29, 0.717) is 33.2 Å². The third-order valence-corrected chi connectivity index (χ3v) is 7.69. The highest BCUT2D eigenvalue weighted by Crippen LogP contribution is 2.31. The minimum absolute atomic E-state index is 0.284. The van der Waals surface area contributed by atoms with E-state index in [0.717, 1.165) is 27.7 Å². The molecule has 0 bridgehead atoms. The molecular weight excluding hydrogens is 472 g/mol. The van der Waals surface area contributed by atoms with Gasteiger partial charge in [0.25, 0.3) is 11.8 Å². The van der Waals surface area contributed by atoms with E-state index in [4.69, 9.17) is 0 Å². The predicted octanol–water partition coefficient (Wildman–Crippen LogP) is 4.89. The SMILES string of the molecule is O=C(NCc1ccc(-c2ccc3nc[nH]c3c2)cc1)c1ccc2c(c1)NC(=O)c1ccccc1S2=O. The number of nitrogens with one attached hydrogen (secondary N) is 3. The standard InChI is InChI=1S/C28H20N4O3S/c33-27(20-10-12-26-24(14-20)32-28(34)21-3-1-2-4-25(21)36(26)35)29-15-17-5-7-18(8-6-17)19-9-11-22-23(13-19)31-16-30-22/h1-14,16H,15H2,(H,29,33)(H,30,31)(H,32,34). The van der Waals surface area contributed by atoms with E-state index < -0.39 is 10.8 Å². The number of imidazole rings is 1. The number of anilines is 1. The van der Waals surface area contributed by atoms with E-state index in [2.05, 4.69) is 26.7 Å². The summed E-state index contributed by atoms with van der Waals surface area (Å²) in [4.78, 5) is 33.8. The summed E-state index contributed by atoms with van der Waals surface area (Å²) in [6, 6.07) is 25.7. The third-order valence-electron chi connectivity index (χ3n) is 6.18. The Hall–Kier alpha value is -4.56. The molecule has 0 saturated carbocycles. The largest absolute Gasteiger partial charge is 0.348 e. The van der Waals surface area contributed by atoms with Crippen LogP contribution in [0.25, 0.3) is 22.2 Å². The highest BCUT2D eigenvalue weighted by molar-refractivity contribution is 7.85. The van der Waals surface area contributed by atoms with Gasteiger partial charge >= 0.3 is 0 Å². The molecule has 1 atom stereocenters. The third kappa shape index (κ3) is 3.97. The molecule has 5 aromatic rings. The average Bonchev–Trinajstić information content (AvgIpc) is 3.36. The van der Waals surface area contributed by atoms with Gasteiger partial charge in [-0.25, -0.2) is 9.19 Å². The van der Waals surface area contributed by atoms with Gasteiger partial charge in [0, 0.05) is 12.1 Å². The second kappa shape index (κ2) is 8.90. The monoisotopic (exact) mass is 492 g/mol. The van der Waals surface area contributed by atoms with Crippen molar-refractivity contribution in [1.29, 1.82) is 0 Å². The molecule has 1 unspecified atom stereocenters. The summed E-state index contributed by atoms with van der Waals surface area (Å²) in [5, 5.41) is 5.71. The Labute approximate surface area is 209 Å². The van der Waals surface area contributed by atoms with Gasteiger partial charge in [-0.1, -0.05) is 42.5 Å². The van der Waals surface area contributed by atoms with Gasteiger partial charge in [-0.3, -0.25) is 9.59 Å². The van der Waals surface area contributed by atoms with Gasteiger partial charge < -0.3 is 15.6 Å². The maximum atomic E-state index is 13.1. The fraction of sp³-hybridized carbons (Fsp3) is 0.0357. The molecule has 4 aromatic carbocycles. The highest BCUT2D eigenvalue weighted by Gasteiger charge is 2.25. The van der Waals surface area contributed by atoms with Crippen molar-refractivity contribution in [2.45, 2.75) is 16.3 Å². The average molecular weight is 493 g/mol. The molecule has 1 aliphatic heterocycles. The second-order valence-electron chi connectivity index (χ2n) is 8.44. The van der Waals surface area contributed by atoms with Crippen LogP contribution < -0.4 is 10.6 Å². The second-order valence-corrected chi connectivity index (χ2v) is 9.86. The van der Waals surface area contributed by atoms with Crippen LogP contribution in [0.4, 0.5) is 5.69 Å². The summed E-state index contributed by atoms with van der Waals surface area (Å²) in [7, 11) is -1.53. The van der Waals surface area contributed by atoms with E-state index >= 15 is 0 Å². The Bertz CT molecular complexity index is 1670. The number of rotatable bonds is 4. The lowest BCUT2D eigenvalue weighted by atomic mass is 10.0. The van der Waals surface area contributed by atoms with Crippen molar-refractivity contribution in [3.8, 4) is 11.1 Å². The van der Waals surface area contributed by atoms with E-state index in [-0.39, 0.29) is 11.8 Å². The van der Waals surface area contributed by atoms with E-state index in [1.165, 1.54) is 0 Å². The summed E-state index contributed by atoms with van der Waals surface area (Å²) >= 11 is 0. The number of H-pyrrole nitrogens is 1. The molecule has 7 nitrogen and oxygen atoms in total. The summed E-state index contributed by atoms with van der Waals surface area (Å²) < 4.78 is 13.1. The Kier molecular flexibility index (Phi) is 5.42. The van der Waals surface area contributed by atoms with Crippen molar-refractivity contribution in [3.63, 3.8) is 0 Å². The molecule has 6 rings (SSSR count). The maximum Gasteiger partial charge on any atom is 0.256 e. The number of amides is 2. The normalized spacial score (nSPS) is 14.4. The predicted molar refractivity (Wildman–Crippen MR) is 138 cm³/mol. The van der Waals surface area contributed by atoms with Gasteiger partial charge in [-0.05, 0) is 59.2 Å². The van der Waals surface area contributed by atoms with Crippen molar-refractivity contribution in [2.24, 2.45) is 0 Å². The fourth-order valence-electron chi connectivity index (χ4n) is 4.27. The molecule has 8 heteroatoms. The van der Waals surface area contributed by atoms with Crippen molar-refractivity contribution in [1.82, 2.24) is 15.3 Å². The molecule has 2 heterocycles. The molecule has 2 amide bonds. The molecule has 0 fully saturated rings. The number of hydrogen-bond acceptors (Lipinski definition) is 4. The molecule has 0 aliphatic carbocycles. The molecule has 36 heavy (non-hydrogen) atoms. The zero-order valence-electron chi connectivity index (χ0n) is 18.9. The maximum absolute atomic E-state index is 13.1. The van der Waals surface area contributed by atoms with Crippen LogP contribution in [0.5, 0.6) is 0 Å². The number of hydrogen-bond donors (Lipinski definition) is 3. The number of benzene rings is 4. The fourth-order valence-corrected chi connectivity index (χ4v) is 5.57. The van der Waals surface area contributed by atoms with Crippen molar-refractivity contribution in [3.05, 3.63) is 108 Å². The topological polar surface area (TPSA) is 104 Å². The van der Waals surface area contributed by atoms with Crippen molar-refractivity contribution in [2.75, 3.05) is 5.32 Å². The Morgan fingerprint density at radius 2 is 1.69 bits per heavy atom. The van der Waals surface area contributed by atoms with Crippen molar-refractivity contribution < 1.29 is 13.8 Å². The number of carbonyl (C=O) groups excluding carboxylic acids is 2. The molecule has 1 aromatic heterocycles. The van der Waals surface area contributed by atoms with Crippen LogP contribution in [0, 0.1) is 0 Å². The Morgan fingerprint density at radius 1 is 0.889 bits per heavy atom. The first-order chi connectivity index (χ1) is 17.6. The van der Waals surface area contributed by atoms with Gasteiger partial charge in [0.15, 0.2) is 0 Å². The van der Waals surface area contributed by atoms with Crippen LogP contribution in [0.15, 0.2) is 101 Å². The van der Waals surface area contributed by atoms with Crippen LogP contribution in [0.1, 0.15) is 26.3 Å². The summed E-state index contributed by atoms with van der Waals surface area (Å²) in [6.45, 7) is 0.347. The first-order valence-corrected chi connectivity index (χ1v) is 12.5. The van der Waals surface area contributed by atoms with Crippen LogP contribution in [0.3, 0.4) is 0 Å².